The number of fused-ring (bicyclic) bond motifs is 1. The predicted molar refractivity (Wildman–Crippen MR) is 76.5 cm³/mol. The van der Waals surface area contributed by atoms with Crippen LogP contribution in [-0.4, -0.2) is 47.9 Å². The number of ether oxygens (including phenoxy) is 2. The van der Waals surface area contributed by atoms with Gasteiger partial charge in [0.25, 0.3) is 11.8 Å². The van der Waals surface area contributed by atoms with Gasteiger partial charge in [0, 0.05) is 19.4 Å². The summed E-state index contributed by atoms with van der Waals surface area (Å²) in [5.74, 6) is -1.76. The zero-order valence-corrected chi connectivity index (χ0v) is 12.3. The zero-order valence-electron chi connectivity index (χ0n) is 12.3. The Labute approximate surface area is 132 Å². The molecule has 2 aliphatic heterocycles. The molecule has 7 heteroatoms. The molecule has 0 saturated carbocycles. The summed E-state index contributed by atoms with van der Waals surface area (Å²) in [6.07, 6.45) is -0.159. The third-order valence-electron chi connectivity index (χ3n) is 3.80. The average molecular weight is 317 g/mol. The maximum atomic E-state index is 12.1. The fourth-order valence-electron chi connectivity index (χ4n) is 2.63. The van der Waals surface area contributed by atoms with Crippen LogP contribution in [-0.2, 0) is 19.1 Å². The normalized spacial score (nSPS) is 19.7. The summed E-state index contributed by atoms with van der Waals surface area (Å²) < 4.78 is 9.70. The summed E-state index contributed by atoms with van der Waals surface area (Å²) in [6.45, 7) is 0.391. The number of cyclic esters (lactones) is 1. The van der Waals surface area contributed by atoms with Gasteiger partial charge in [-0.25, -0.2) is 4.79 Å². The number of hydrogen-bond donors (Lipinski definition) is 0. The molecule has 0 N–H and O–H groups in total. The van der Waals surface area contributed by atoms with Crippen LogP contribution in [0.1, 0.15) is 40.0 Å². The van der Waals surface area contributed by atoms with Crippen molar-refractivity contribution in [3.63, 3.8) is 0 Å². The lowest BCUT2D eigenvalue weighted by molar-refractivity contribution is -0.160. The summed E-state index contributed by atoms with van der Waals surface area (Å²) in [4.78, 5) is 48.3. The van der Waals surface area contributed by atoms with E-state index in [9.17, 15) is 19.2 Å². The minimum absolute atomic E-state index is 0.0250. The van der Waals surface area contributed by atoms with E-state index in [4.69, 9.17) is 9.47 Å². The third kappa shape index (κ3) is 2.94. The van der Waals surface area contributed by atoms with E-state index in [1.165, 1.54) is 0 Å². The third-order valence-corrected chi connectivity index (χ3v) is 3.80. The lowest BCUT2D eigenvalue weighted by Gasteiger charge is -2.13. The van der Waals surface area contributed by atoms with Crippen LogP contribution in [0.15, 0.2) is 24.3 Å². The number of hydrogen-bond acceptors (Lipinski definition) is 6. The first kappa shape index (κ1) is 15.2. The highest BCUT2D eigenvalue weighted by Crippen LogP contribution is 2.22. The lowest BCUT2D eigenvalue weighted by atomic mass is 10.1. The Morgan fingerprint density at radius 2 is 1.83 bits per heavy atom. The first-order chi connectivity index (χ1) is 11.1. The Kier molecular flexibility index (Phi) is 4.10. The van der Waals surface area contributed by atoms with E-state index < -0.39 is 18.0 Å². The van der Waals surface area contributed by atoms with Gasteiger partial charge in [0.15, 0.2) is 0 Å². The first-order valence-corrected chi connectivity index (χ1v) is 7.39. The first-order valence-electron chi connectivity index (χ1n) is 7.39. The molecule has 1 atom stereocenters. The van der Waals surface area contributed by atoms with Crippen molar-refractivity contribution in [2.24, 2.45) is 0 Å². The van der Waals surface area contributed by atoms with E-state index in [0.29, 0.717) is 17.5 Å². The maximum Gasteiger partial charge on any atom is 0.347 e. The topological polar surface area (TPSA) is 90.0 Å². The van der Waals surface area contributed by atoms with Crippen molar-refractivity contribution in [3.05, 3.63) is 35.4 Å². The number of nitrogens with zero attached hydrogens (tertiary/aromatic N) is 1. The van der Waals surface area contributed by atoms with Gasteiger partial charge >= 0.3 is 11.9 Å². The predicted octanol–water partition coefficient (Wildman–Crippen LogP) is 0.921. The fourth-order valence-corrected chi connectivity index (χ4v) is 2.63. The van der Waals surface area contributed by atoms with Crippen molar-refractivity contribution in [2.75, 3.05) is 13.2 Å². The molecule has 0 unspecified atom stereocenters. The number of carbonyl (C=O) groups is 4. The summed E-state index contributed by atoms with van der Waals surface area (Å²) in [5.41, 5.74) is 0.766. The molecule has 3 rings (SSSR count). The Morgan fingerprint density at radius 1 is 1.17 bits per heavy atom. The molecule has 2 aliphatic rings. The highest BCUT2D eigenvalue weighted by atomic mass is 16.6. The van der Waals surface area contributed by atoms with Crippen molar-refractivity contribution >= 4 is 23.8 Å². The molecule has 7 nitrogen and oxygen atoms in total. The van der Waals surface area contributed by atoms with Crippen LogP contribution < -0.4 is 0 Å². The monoisotopic (exact) mass is 317 g/mol. The van der Waals surface area contributed by atoms with Gasteiger partial charge in [0.05, 0.1) is 17.7 Å². The molecule has 23 heavy (non-hydrogen) atoms. The molecular weight excluding hydrogens is 302 g/mol. The Hall–Kier alpha value is -2.70. The number of carbonyl (C=O) groups excluding carboxylic acids is 4. The van der Waals surface area contributed by atoms with E-state index in [2.05, 4.69) is 0 Å². The average Bonchev–Trinajstić information content (AvgIpc) is 3.04. The second-order valence-corrected chi connectivity index (χ2v) is 5.35. The van der Waals surface area contributed by atoms with Crippen LogP contribution >= 0.6 is 0 Å². The van der Waals surface area contributed by atoms with Crippen molar-refractivity contribution < 1.29 is 28.7 Å². The minimum Gasteiger partial charge on any atom is -0.463 e. The van der Waals surface area contributed by atoms with Crippen LogP contribution in [0.5, 0.6) is 0 Å². The number of rotatable bonds is 5. The number of benzene rings is 1. The Balaban J connectivity index is 1.50. The fraction of sp³-hybridized carbons (Fsp3) is 0.375. The number of amides is 2. The van der Waals surface area contributed by atoms with Crippen LogP contribution in [0.2, 0.25) is 0 Å². The molecule has 1 saturated heterocycles. The van der Waals surface area contributed by atoms with Gasteiger partial charge in [0.1, 0.15) is 0 Å². The number of imide groups is 1. The minimum atomic E-state index is -0.832. The highest BCUT2D eigenvalue weighted by molar-refractivity contribution is 6.21. The molecule has 0 radical (unpaired) electrons. The summed E-state index contributed by atoms with van der Waals surface area (Å²) in [5, 5.41) is 0. The largest absolute Gasteiger partial charge is 0.463 e. The molecule has 0 bridgehead atoms. The molecule has 120 valence electrons. The summed E-state index contributed by atoms with van der Waals surface area (Å²) >= 11 is 0. The van der Waals surface area contributed by atoms with Crippen LogP contribution in [0.4, 0.5) is 0 Å². The van der Waals surface area contributed by atoms with E-state index in [1.54, 1.807) is 24.3 Å². The lowest BCUT2D eigenvalue weighted by Crippen LogP contribution is -2.31. The molecule has 2 amide bonds. The van der Waals surface area contributed by atoms with E-state index in [-0.39, 0.29) is 37.8 Å². The molecular formula is C16H15NO6. The smallest absolute Gasteiger partial charge is 0.347 e. The second kappa shape index (κ2) is 6.20. The van der Waals surface area contributed by atoms with Crippen molar-refractivity contribution in [3.8, 4) is 0 Å². The van der Waals surface area contributed by atoms with Gasteiger partial charge in [-0.05, 0) is 18.6 Å². The standard InChI is InChI=1S/C16H15NO6/c18-13(23-12-7-9-22-16(12)21)6-3-8-17-14(19)10-4-1-2-5-11(10)15(17)20/h1-2,4-5,12H,3,6-9H2/t12-/m0/s1. The van der Waals surface area contributed by atoms with Gasteiger partial charge in [-0.2, -0.15) is 0 Å². The van der Waals surface area contributed by atoms with E-state index >= 15 is 0 Å². The van der Waals surface area contributed by atoms with Crippen molar-refractivity contribution in [1.82, 2.24) is 4.90 Å². The van der Waals surface area contributed by atoms with Gasteiger partial charge < -0.3 is 9.47 Å². The SMILES string of the molecule is O=C(CCCN1C(=O)c2ccccc2C1=O)O[C@H]1CCOC1=O. The van der Waals surface area contributed by atoms with E-state index in [1.807, 2.05) is 0 Å². The molecule has 0 aromatic heterocycles. The van der Waals surface area contributed by atoms with Crippen molar-refractivity contribution in [1.29, 1.82) is 0 Å². The van der Waals surface area contributed by atoms with Crippen LogP contribution in [0, 0.1) is 0 Å². The molecule has 1 fully saturated rings. The van der Waals surface area contributed by atoms with Gasteiger partial charge in [-0.15, -0.1) is 0 Å². The highest BCUT2D eigenvalue weighted by Gasteiger charge is 2.35. The van der Waals surface area contributed by atoms with Gasteiger partial charge in [-0.3, -0.25) is 19.3 Å². The second-order valence-electron chi connectivity index (χ2n) is 5.35. The molecule has 2 heterocycles. The number of esters is 2. The Bertz CT molecular complexity index is 648. The van der Waals surface area contributed by atoms with E-state index in [0.717, 1.165) is 4.90 Å². The zero-order chi connectivity index (χ0) is 16.4. The maximum absolute atomic E-state index is 12.1. The van der Waals surface area contributed by atoms with Crippen molar-refractivity contribution in [2.45, 2.75) is 25.4 Å². The molecule has 1 aromatic rings. The quantitative estimate of drug-likeness (QED) is 0.592. The van der Waals surface area contributed by atoms with Crippen LogP contribution in [0.3, 0.4) is 0 Å². The molecule has 0 aliphatic carbocycles. The Morgan fingerprint density at radius 3 is 2.39 bits per heavy atom. The summed E-state index contributed by atoms with van der Waals surface area (Å²) in [6, 6.07) is 6.61. The van der Waals surface area contributed by atoms with Gasteiger partial charge in [-0.1, -0.05) is 12.1 Å². The summed E-state index contributed by atoms with van der Waals surface area (Å²) in [7, 11) is 0. The molecule has 0 spiro atoms. The van der Waals surface area contributed by atoms with Gasteiger partial charge in [0.2, 0.25) is 6.10 Å². The van der Waals surface area contributed by atoms with Crippen LogP contribution in [0.25, 0.3) is 0 Å². The molecule has 1 aromatic carbocycles.